The maximum atomic E-state index is 12.5. The van der Waals surface area contributed by atoms with Gasteiger partial charge >= 0.3 is 0 Å². The molecule has 0 radical (unpaired) electrons. The van der Waals surface area contributed by atoms with Crippen LogP contribution in [0.1, 0.15) is 10.4 Å². The van der Waals surface area contributed by atoms with Crippen LogP contribution < -0.4 is 14.8 Å². The van der Waals surface area contributed by atoms with E-state index < -0.39 is 0 Å². The lowest BCUT2D eigenvalue weighted by Gasteiger charge is -2.26. The molecule has 138 valence electrons. The quantitative estimate of drug-likeness (QED) is 0.765. The van der Waals surface area contributed by atoms with Crippen LogP contribution in [0.15, 0.2) is 42.7 Å². The number of methoxy groups -OCH3 is 1. The lowest BCUT2D eigenvalue weighted by atomic mass is 10.2. The number of nitrogens with zero attached hydrogens (tertiary/aromatic N) is 2. The van der Waals surface area contributed by atoms with E-state index in [1.165, 1.54) is 0 Å². The van der Waals surface area contributed by atoms with Gasteiger partial charge in [-0.3, -0.25) is 9.78 Å². The van der Waals surface area contributed by atoms with E-state index in [0.29, 0.717) is 45.0 Å². The van der Waals surface area contributed by atoms with Crippen LogP contribution >= 0.6 is 0 Å². The van der Waals surface area contributed by atoms with Crippen LogP contribution in [0.4, 0.5) is 5.69 Å². The third kappa shape index (κ3) is 4.86. The van der Waals surface area contributed by atoms with Crippen LogP contribution in [-0.4, -0.2) is 62.4 Å². The van der Waals surface area contributed by atoms with E-state index in [0.717, 1.165) is 17.2 Å². The van der Waals surface area contributed by atoms with E-state index in [2.05, 4.69) is 10.3 Å². The molecular weight excluding hydrogens is 334 g/mol. The first-order chi connectivity index (χ1) is 12.8. The zero-order valence-corrected chi connectivity index (χ0v) is 14.8. The van der Waals surface area contributed by atoms with Gasteiger partial charge in [-0.05, 0) is 30.3 Å². The number of benzene rings is 1. The number of ether oxygens (including phenoxy) is 3. The highest BCUT2D eigenvalue weighted by atomic mass is 16.5. The van der Waals surface area contributed by atoms with Crippen molar-refractivity contribution in [3.05, 3.63) is 48.3 Å². The first-order valence-corrected chi connectivity index (χ1v) is 8.59. The number of hydrogen-bond donors (Lipinski definition) is 1. The smallest absolute Gasteiger partial charge is 0.255 e. The lowest BCUT2D eigenvalue weighted by molar-refractivity contribution is 0.0302. The Balaban J connectivity index is 1.48. The molecule has 1 aromatic heterocycles. The number of hydrogen-bond acceptors (Lipinski definition) is 6. The van der Waals surface area contributed by atoms with Gasteiger partial charge in [-0.15, -0.1) is 0 Å². The minimum absolute atomic E-state index is 0.0149. The van der Waals surface area contributed by atoms with E-state index in [9.17, 15) is 4.79 Å². The maximum Gasteiger partial charge on any atom is 0.255 e. The Labute approximate surface area is 152 Å². The van der Waals surface area contributed by atoms with Crippen molar-refractivity contribution < 1.29 is 19.0 Å². The first-order valence-electron chi connectivity index (χ1n) is 8.59. The van der Waals surface area contributed by atoms with Gasteiger partial charge in [0.05, 0.1) is 31.6 Å². The number of nitrogens with one attached hydrogen (secondary N) is 1. The number of aromatic nitrogens is 1. The highest BCUT2D eigenvalue weighted by molar-refractivity contribution is 5.94. The fourth-order valence-corrected chi connectivity index (χ4v) is 2.64. The second kappa shape index (κ2) is 9.05. The summed E-state index contributed by atoms with van der Waals surface area (Å²) in [6.45, 7) is 3.49. The Morgan fingerprint density at radius 3 is 2.65 bits per heavy atom. The third-order valence-corrected chi connectivity index (χ3v) is 4.04. The molecule has 0 spiro atoms. The Bertz CT molecular complexity index is 715. The molecule has 2 aromatic rings. The molecule has 0 unspecified atom stereocenters. The van der Waals surface area contributed by atoms with Crippen molar-refractivity contribution in [2.75, 3.05) is 51.9 Å². The number of carbonyl (C=O) groups is 1. The molecule has 7 nitrogen and oxygen atoms in total. The average Bonchev–Trinajstić information content (AvgIpc) is 2.72. The topological polar surface area (TPSA) is 72.9 Å². The monoisotopic (exact) mass is 357 g/mol. The summed E-state index contributed by atoms with van der Waals surface area (Å²) < 4.78 is 16.1. The summed E-state index contributed by atoms with van der Waals surface area (Å²) in [7, 11) is 1.63. The van der Waals surface area contributed by atoms with E-state index >= 15 is 0 Å². The first kappa shape index (κ1) is 18.0. The number of rotatable bonds is 7. The Morgan fingerprint density at radius 2 is 1.92 bits per heavy atom. The van der Waals surface area contributed by atoms with Crippen molar-refractivity contribution in [2.24, 2.45) is 0 Å². The van der Waals surface area contributed by atoms with Crippen LogP contribution in [0.2, 0.25) is 0 Å². The highest BCUT2D eigenvalue weighted by Crippen LogP contribution is 2.17. The highest BCUT2D eigenvalue weighted by Gasteiger charge is 2.18. The summed E-state index contributed by atoms with van der Waals surface area (Å²) in [4.78, 5) is 18.4. The van der Waals surface area contributed by atoms with Gasteiger partial charge in [-0.25, -0.2) is 0 Å². The lowest BCUT2D eigenvalue weighted by Crippen LogP contribution is -2.40. The molecule has 3 rings (SSSR count). The maximum absolute atomic E-state index is 12.5. The van der Waals surface area contributed by atoms with Crippen molar-refractivity contribution in [1.29, 1.82) is 0 Å². The van der Waals surface area contributed by atoms with Crippen molar-refractivity contribution in [2.45, 2.75) is 0 Å². The molecule has 1 amide bonds. The molecule has 1 aliphatic heterocycles. The molecule has 0 bridgehead atoms. The molecule has 1 fully saturated rings. The van der Waals surface area contributed by atoms with Crippen molar-refractivity contribution >= 4 is 11.6 Å². The van der Waals surface area contributed by atoms with Gasteiger partial charge in [0.2, 0.25) is 0 Å². The predicted molar refractivity (Wildman–Crippen MR) is 97.9 cm³/mol. The molecule has 7 heteroatoms. The molecule has 1 aromatic carbocycles. The van der Waals surface area contributed by atoms with Gasteiger partial charge in [0.1, 0.15) is 18.1 Å². The van der Waals surface area contributed by atoms with Crippen LogP contribution in [0.3, 0.4) is 0 Å². The minimum Gasteiger partial charge on any atom is -0.497 e. The van der Waals surface area contributed by atoms with E-state index in [1.54, 1.807) is 24.4 Å². The fourth-order valence-electron chi connectivity index (χ4n) is 2.64. The third-order valence-electron chi connectivity index (χ3n) is 4.04. The van der Waals surface area contributed by atoms with Crippen molar-refractivity contribution in [3.63, 3.8) is 0 Å². The molecule has 2 heterocycles. The minimum atomic E-state index is -0.0149. The predicted octanol–water partition coefficient (Wildman–Crippen LogP) is 2.05. The zero-order valence-electron chi connectivity index (χ0n) is 14.8. The Morgan fingerprint density at radius 1 is 1.19 bits per heavy atom. The number of carbonyl (C=O) groups excluding carboxylic acids is 1. The van der Waals surface area contributed by atoms with Gasteiger partial charge in [-0.1, -0.05) is 0 Å². The SMILES string of the molecule is COc1ccc(OCCNc2cncc(C(=O)N3CCOCC3)c2)cc1. The molecule has 1 saturated heterocycles. The summed E-state index contributed by atoms with van der Waals surface area (Å²) in [5, 5.41) is 3.23. The molecule has 0 aliphatic carbocycles. The molecule has 1 N–H and O–H groups in total. The van der Waals surface area contributed by atoms with Crippen LogP contribution in [-0.2, 0) is 4.74 Å². The average molecular weight is 357 g/mol. The van der Waals surface area contributed by atoms with Gasteiger partial charge in [0.15, 0.2) is 0 Å². The zero-order chi connectivity index (χ0) is 18.2. The standard InChI is InChI=1S/C19H23N3O4/c1-24-17-2-4-18(5-3-17)26-9-6-21-16-12-15(13-20-14-16)19(23)22-7-10-25-11-8-22/h2-5,12-14,21H,6-11H2,1H3. The van der Waals surface area contributed by atoms with Gasteiger partial charge in [-0.2, -0.15) is 0 Å². The van der Waals surface area contributed by atoms with Crippen molar-refractivity contribution in [1.82, 2.24) is 9.88 Å². The number of pyridine rings is 1. The summed E-state index contributed by atoms with van der Waals surface area (Å²) in [5.74, 6) is 1.56. The Kier molecular flexibility index (Phi) is 6.27. The van der Waals surface area contributed by atoms with Crippen LogP contribution in [0.25, 0.3) is 0 Å². The van der Waals surface area contributed by atoms with Gasteiger partial charge in [0, 0.05) is 32.0 Å². The summed E-state index contributed by atoms with van der Waals surface area (Å²) in [6, 6.07) is 9.25. The van der Waals surface area contributed by atoms with Crippen molar-refractivity contribution in [3.8, 4) is 11.5 Å². The van der Waals surface area contributed by atoms with E-state index in [1.807, 2.05) is 30.3 Å². The van der Waals surface area contributed by atoms with Crippen LogP contribution in [0.5, 0.6) is 11.5 Å². The number of morpholine rings is 1. The molecular formula is C19H23N3O4. The molecule has 0 saturated carbocycles. The molecule has 26 heavy (non-hydrogen) atoms. The van der Waals surface area contributed by atoms with E-state index in [4.69, 9.17) is 14.2 Å². The Hall–Kier alpha value is -2.80. The number of amides is 1. The second-order valence-corrected chi connectivity index (χ2v) is 5.82. The second-order valence-electron chi connectivity index (χ2n) is 5.82. The van der Waals surface area contributed by atoms with Crippen LogP contribution in [0, 0.1) is 0 Å². The van der Waals surface area contributed by atoms with E-state index in [-0.39, 0.29) is 5.91 Å². The van der Waals surface area contributed by atoms with Gasteiger partial charge in [0.25, 0.3) is 5.91 Å². The summed E-state index contributed by atoms with van der Waals surface area (Å²) in [6.07, 6.45) is 3.29. The van der Waals surface area contributed by atoms with Gasteiger partial charge < -0.3 is 24.4 Å². The normalized spacial score (nSPS) is 14.0. The number of anilines is 1. The summed E-state index contributed by atoms with van der Waals surface area (Å²) >= 11 is 0. The summed E-state index contributed by atoms with van der Waals surface area (Å²) in [5.41, 5.74) is 1.37. The fraction of sp³-hybridized carbons (Fsp3) is 0.368. The molecule has 1 aliphatic rings. The molecule has 0 atom stereocenters. The largest absolute Gasteiger partial charge is 0.497 e.